The van der Waals surface area contributed by atoms with Gasteiger partial charge < -0.3 is 20.1 Å². The lowest BCUT2D eigenvalue weighted by atomic mass is 9.78. The van der Waals surface area contributed by atoms with E-state index in [1.54, 1.807) is 6.07 Å². The SMILES string of the molecule is O=C1CC(c2ccc(O)cc2O)OC2CCC(O)CC12. The van der Waals surface area contributed by atoms with Gasteiger partial charge in [-0.25, -0.2) is 0 Å². The summed E-state index contributed by atoms with van der Waals surface area (Å²) in [5.74, 6) is -0.226. The lowest BCUT2D eigenvalue weighted by Gasteiger charge is -2.40. The fourth-order valence-corrected chi connectivity index (χ4v) is 3.20. The monoisotopic (exact) mass is 278 g/mol. The number of hydrogen-bond donors (Lipinski definition) is 3. The molecule has 1 aliphatic carbocycles. The Labute approximate surface area is 116 Å². The fourth-order valence-electron chi connectivity index (χ4n) is 3.20. The molecule has 4 unspecified atom stereocenters. The molecule has 0 aromatic heterocycles. The number of benzene rings is 1. The van der Waals surface area contributed by atoms with Crippen LogP contribution in [0.2, 0.25) is 0 Å². The minimum Gasteiger partial charge on any atom is -0.508 e. The summed E-state index contributed by atoms with van der Waals surface area (Å²) in [6.45, 7) is 0. The van der Waals surface area contributed by atoms with Crippen LogP contribution < -0.4 is 0 Å². The molecule has 1 aliphatic heterocycles. The molecule has 1 saturated carbocycles. The van der Waals surface area contributed by atoms with Crippen LogP contribution in [0.25, 0.3) is 0 Å². The molecule has 2 fully saturated rings. The van der Waals surface area contributed by atoms with Gasteiger partial charge in [-0.2, -0.15) is 0 Å². The third-order valence-electron chi connectivity index (χ3n) is 4.26. The molecule has 0 spiro atoms. The number of ether oxygens (including phenoxy) is 1. The molecule has 0 bridgehead atoms. The maximum absolute atomic E-state index is 12.2. The Kier molecular flexibility index (Phi) is 3.40. The smallest absolute Gasteiger partial charge is 0.141 e. The van der Waals surface area contributed by atoms with Gasteiger partial charge in [-0.05, 0) is 31.4 Å². The number of carbonyl (C=O) groups is 1. The highest BCUT2D eigenvalue weighted by atomic mass is 16.5. The number of phenolic OH excluding ortho intramolecular Hbond substituents is 2. The summed E-state index contributed by atoms with van der Waals surface area (Å²) >= 11 is 0. The van der Waals surface area contributed by atoms with Gasteiger partial charge in [0.15, 0.2) is 0 Å². The summed E-state index contributed by atoms with van der Waals surface area (Å²) in [7, 11) is 0. The molecule has 3 rings (SSSR count). The van der Waals surface area contributed by atoms with E-state index in [-0.39, 0.29) is 35.7 Å². The first kappa shape index (κ1) is 13.4. The molecule has 5 nitrogen and oxygen atoms in total. The van der Waals surface area contributed by atoms with Crippen molar-refractivity contribution in [3.8, 4) is 11.5 Å². The van der Waals surface area contributed by atoms with Gasteiger partial charge in [-0.3, -0.25) is 4.79 Å². The minimum absolute atomic E-state index is 0.0212. The Balaban J connectivity index is 1.82. The van der Waals surface area contributed by atoms with E-state index in [9.17, 15) is 20.1 Å². The van der Waals surface area contributed by atoms with Crippen molar-refractivity contribution in [2.24, 2.45) is 5.92 Å². The number of fused-ring (bicyclic) bond motifs is 1. The number of aliphatic hydroxyl groups excluding tert-OH is 1. The average Bonchev–Trinajstić information content (AvgIpc) is 2.39. The van der Waals surface area contributed by atoms with Crippen molar-refractivity contribution < 1.29 is 24.9 Å². The lowest BCUT2D eigenvalue weighted by molar-refractivity contribution is -0.156. The van der Waals surface area contributed by atoms with E-state index >= 15 is 0 Å². The van der Waals surface area contributed by atoms with Gasteiger partial charge in [-0.15, -0.1) is 0 Å². The van der Waals surface area contributed by atoms with Gasteiger partial charge in [-0.1, -0.05) is 0 Å². The van der Waals surface area contributed by atoms with Gasteiger partial charge in [0.05, 0.1) is 18.3 Å². The standard InChI is InChI=1S/C15H18O5/c16-8-2-4-14-11(5-8)13(19)7-15(20-14)10-3-1-9(17)6-12(10)18/h1,3,6,8,11,14-18H,2,4-5,7H2. The normalized spacial score (nSPS) is 33.8. The third-order valence-corrected chi connectivity index (χ3v) is 4.26. The van der Waals surface area contributed by atoms with Crippen molar-refractivity contribution in [3.05, 3.63) is 23.8 Å². The molecule has 1 heterocycles. The van der Waals surface area contributed by atoms with Gasteiger partial charge in [0.25, 0.3) is 0 Å². The van der Waals surface area contributed by atoms with E-state index in [1.165, 1.54) is 12.1 Å². The third kappa shape index (κ3) is 2.39. The first-order chi connectivity index (χ1) is 9.54. The van der Waals surface area contributed by atoms with Crippen LogP contribution in [0.5, 0.6) is 11.5 Å². The molecule has 1 aromatic carbocycles. The van der Waals surface area contributed by atoms with Crippen molar-refractivity contribution in [1.82, 2.24) is 0 Å². The van der Waals surface area contributed by atoms with Crippen molar-refractivity contribution in [1.29, 1.82) is 0 Å². The van der Waals surface area contributed by atoms with E-state index in [4.69, 9.17) is 4.74 Å². The molecule has 5 heteroatoms. The molecular weight excluding hydrogens is 260 g/mol. The van der Waals surface area contributed by atoms with E-state index in [2.05, 4.69) is 0 Å². The van der Waals surface area contributed by atoms with Gasteiger partial charge in [0.1, 0.15) is 17.3 Å². The van der Waals surface area contributed by atoms with Gasteiger partial charge >= 0.3 is 0 Å². The summed E-state index contributed by atoms with van der Waals surface area (Å²) in [5.41, 5.74) is 0.528. The second kappa shape index (κ2) is 5.07. The zero-order valence-electron chi connectivity index (χ0n) is 11.0. The Morgan fingerprint density at radius 3 is 2.75 bits per heavy atom. The number of phenols is 2. The lowest BCUT2D eigenvalue weighted by Crippen LogP contribution is -2.43. The average molecular weight is 278 g/mol. The number of rotatable bonds is 1. The van der Waals surface area contributed by atoms with E-state index in [0.717, 1.165) is 0 Å². The molecule has 1 aromatic rings. The zero-order valence-corrected chi connectivity index (χ0v) is 11.0. The number of Topliss-reactive ketones (excluding diaryl/α,β-unsaturated/α-hetero) is 1. The Bertz CT molecular complexity index is 527. The van der Waals surface area contributed by atoms with Crippen molar-refractivity contribution in [2.75, 3.05) is 0 Å². The van der Waals surface area contributed by atoms with Crippen LogP contribution in [-0.4, -0.2) is 33.3 Å². The van der Waals surface area contributed by atoms with Gasteiger partial charge in [0, 0.05) is 24.0 Å². The number of carbonyl (C=O) groups excluding carboxylic acids is 1. The topological polar surface area (TPSA) is 87.0 Å². The minimum atomic E-state index is -0.473. The first-order valence-corrected chi connectivity index (χ1v) is 6.92. The second-order valence-corrected chi connectivity index (χ2v) is 5.65. The maximum atomic E-state index is 12.2. The van der Waals surface area contributed by atoms with E-state index in [0.29, 0.717) is 24.8 Å². The van der Waals surface area contributed by atoms with Crippen molar-refractivity contribution in [2.45, 2.75) is 44.0 Å². The largest absolute Gasteiger partial charge is 0.508 e. The highest BCUT2D eigenvalue weighted by molar-refractivity contribution is 5.83. The highest BCUT2D eigenvalue weighted by Crippen LogP contribution is 2.42. The predicted molar refractivity (Wildman–Crippen MR) is 70.4 cm³/mol. The number of ketones is 1. The van der Waals surface area contributed by atoms with Crippen LogP contribution in [0.3, 0.4) is 0 Å². The number of hydrogen-bond acceptors (Lipinski definition) is 5. The molecule has 20 heavy (non-hydrogen) atoms. The van der Waals surface area contributed by atoms with Crippen LogP contribution in [-0.2, 0) is 9.53 Å². The van der Waals surface area contributed by atoms with E-state index < -0.39 is 12.2 Å². The van der Waals surface area contributed by atoms with Crippen LogP contribution in [0.4, 0.5) is 0 Å². The zero-order chi connectivity index (χ0) is 14.3. The molecule has 108 valence electrons. The number of aliphatic hydroxyl groups is 1. The van der Waals surface area contributed by atoms with Crippen LogP contribution in [0, 0.1) is 5.92 Å². The summed E-state index contributed by atoms with van der Waals surface area (Å²) in [4.78, 5) is 12.2. The van der Waals surface area contributed by atoms with Crippen molar-refractivity contribution >= 4 is 5.78 Å². The summed E-state index contributed by atoms with van der Waals surface area (Å²) < 4.78 is 5.94. The van der Waals surface area contributed by atoms with Crippen LogP contribution in [0.15, 0.2) is 18.2 Å². The Hall–Kier alpha value is -1.59. The molecule has 3 N–H and O–H groups in total. The molecule has 0 amide bonds. The van der Waals surface area contributed by atoms with E-state index in [1.807, 2.05) is 0 Å². The Morgan fingerprint density at radius 2 is 2.00 bits per heavy atom. The second-order valence-electron chi connectivity index (χ2n) is 5.65. The molecule has 2 aliphatic rings. The molecular formula is C15H18O5. The number of aromatic hydroxyl groups is 2. The molecule has 4 atom stereocenters. The molecule has 1 saturated heterocycles. The van der Waals surface area contributed by atoms with Crippen LogP contribution >= 0.6 is 0 Å². The highest BCUT2D eigenvalue weighted by Gasteiger charge is 2.42. The molecule has 0 radical (unpaired) electrons. The fraction of sp³-hybridized carbons (Fsp3) is 0.533. The first-order valence-electron chi connectivity index (χ1n) is 6.92. The van der Waals surface area contributed by atoms with Crippen molar-refractivity contribution in [3.63, 3.8) is 0 Å². The Morgan fingerprint density at radius 1 is 1.20 bits per heavy atom. The summed E-state index contributed by atoms with van der Waals surface area (Å²) in [5, 5.41) is 28.8. The van der Waals surface area contributed by atoms with Crippen LogP contribution in [0.1, 0.15) is 37.4 Å². The predicted octanol–water partition coefficient (Wildman–Crippen LogP) is 1.66. The summed E-state index contributed by atoms with van der Waals surface area (Å²) in [6.07, 6.45) is 0.902. The summed E-state index contributed by atoms with van der Waals surface area (Å²) in [6, 6.07) is 4.31. The van der Waals surface area contributed by atoms with Gasteiger partial charge in [0.2, 0.25) is 0 Å². The maximum Gasteiger partial charge on any atom is 0.141 e. The quantitative estimate of drug-likeness (QED) is 0.727.